The van der Waals surface area contributed by atoms with E-state index in [2.05, 4.69) is 10.0 Å². The van der Waals surface area contributed by atoms with E-state index >= 15 is 0 Å². The summed E-state index contributed by atoms with van der Waals surface area (Å²) in [5, 5.41) is 3.00. The molecule has 0 radical (unpaired) electrons. The highest BCUT2D eigenvalue weighted by molar-refractivity contribution is 7.89. The van der Waals surface area contributed by atoms with Gasteiger partial charge in [0, 0.05) is 19.6 Å². The number of hydrogen-bond donors (Lipinski definition) is 2. The highest BCUT2D eigenvalue weighted by atomic mass is 32.2. The van der Waals surface area contributed by atoms with E-state index in [1.165, 1.54) is 0 Å². The molecule has 5 nitrogen and oxygen atoms in total. The molecule has 0 aliphatic rings. The van der Waals surface area contributed by atoms with Crippen LogP contribution in [0.2, 0.25) is 0 Å². The van der Waals surface area contributed by atoms with Gasteiger partial charge in [0.1, 0.15) is 0 Å². The Morgan fingerprint density at radius 2 is 2.00 bits per heavy atom. The summed E-state index contributed by atoms with van der Waals surface area (Å²) in [6, 6.07) is 6.95. The van der Waals surface area contributed by atoms with Crippen LogP contribution in [0, 0.1) is 0 Å². The van der Waals surface area contributed by atoms with Crippen LogP contribution in [0.5, 0.6) is 0 Å². The average Bonchev–Trinajstić information content (AvgIpc) is 2.29. The van der Waals surface area contributed by atoms with E-state index < -0.39 is 10.0 Å². The molecule has 0 atom stereocenters. The minimum atomic E-state index is -3.40. The lowest BCUT2D eigenvalue weighted by Gasteiger charge is -2.11. The van der Waals surface area contributed by atoms with Crippen molar-refractivity contribution >= 4 is 10.0 Å². The normalized spacial score (nSPS) is 12.0. The molecule has 1 aromatic carbocycles. The van der Waals surface area contributed by atoms with E-state index in [1.807, 2.05) is 32.1 Å². The van der Waals surface area contributed by atoms with Crippen molar-refractivity contribution in [2.24, 2.45) is 0 Å². The molecule has 0 saturated carbocycles. The predicted octanol–water partition coefficient (Wildman–Crippen LogP) is 0.246. The maximum Gasteiger partial charge on any atom is 0.240 e. The summed E-state index contributed by atoms with van der Waals surface area (Å²) >= 11 is 0. The molecule has 2 N–H and O–H groups in total. The molecule has 0 saturated heterocycles. The monoisotopic (exact) mass is 271 g/mol. The zero-order chi connectivity index (χ0) is 13.6. The van der Waals surface area contributed by atoms with Crippen molar-refractivity contribution in [3.63, 3.8) is 0 Å². The Morgan fingerprint density at radius 3 is 2.61 bits per heavy atom. The van der Waals surface area contributed by atoms with Gasteiger partial charge in [0.2, 0.25) is 10.0 Å². The fraction of sp³-hybridized carbons (Fsp3) is 0.500. The lowest BCUT2D eigenvalue weighted by atomic mass is 10.2. The lowest BCUT2D eigenvalue weighted by molar-refractivity contribution is 0.412. The van der Waals surface area contributed by atoms with Gasteiger partial charge < -0.3 is 10.2 Å². The van der Waals surface area contributed by atoms with Gasteiger partial charge in [-0.05, 0) is 38.8 Å². The molecule has 0 unspecified atom stereocenters. The fourth-order valence-electron chi connectivity index (χ4n) is 1.51. The van der Waals surface area contributed by atoms with Crippen molar-refractivity contribution in [1.29, 1.82) is 0 Å². The fourth-order valence-corrected chi connectivity index (χ4v) is 2.60. The van der Waals surface area contributed by atoms with Crippen LogP contribution in [0.25, 0.3) is 0 Å². The second-order valence-electron chi connectivity index (χ2n) is 4.38. The van der Waals surface area contributed by atoms with Gasteiger partial charge >= 0.3 is 0 Å². The molecule has 18 heavy (non-hydrogen) atoms. The SMILES string of the molecule is CNCc1cccc(S(=O)(=O)NCCN(C)C)c1. The van der Waals surface area contributed by atoms with Crippen molar-refractivity contribution in [2.75, 3.05) is 34.2 Å². The molecule has 0 fully saturated rings. The highest BCUT2D eigenvalue weighted by Gasteiger charge is 2.13. The number of rotatable bonds is 7. The Labute approximate surface area is 109 Å². The molecule has 0 heterocycles. The second kappa shape index (κ2) is 6.84. The van der Waals surface area contributed by atoms with Crippen LogP contribution in [0.4, 0.5) is 0 Å². The van der Waals surface area contributed by atoms with Gasteiger partial charge in [-0.3, -0.25) is 0 Å². The minimum Gasteiger partial charge on any atom is -0.316 e. The van der Waals surface area contributed by atoms with Crippen LogP contribution in [-0.2, 0) is 16.6 Å². The molecular formula is C12H21N3O2S. The molecule has 0 amide bonds. The van der Waals surface area contributed by atoms with Crippen LogP contribution < -0.4 is 10.0 Å². The third-order valence-electron chi connectivity index (χ3n) is 2.44. The first-order valence-electron chi connectivity index (χ1n) is 5.83. The number of nitrogens with zero attached hydrogens (tertiary/aromatic N) is 1. The number of sulfonamides is 1. The van der Waals surface area contributed by atoms with Crippen molar-refractivity contribution in [2.45, 2.75) is 11.4 Å². The Kier molecular flexibility index (Phi) is 5.74. The van der Waals surface area contributed by atoms with Gasteiger partial charge in [-0.25, -0.2) is 13.1 Å². The smallest absolute Gasteiger partial charge is 0.240 e. The topological polar surface area (TPSA) is 61.4 Å². The molecule has 6 heteroatoms. The summed E-state index contributed by atoms with van der Waals surface area (Å²) in [5.74, 6) is 0. The number of hydrogen-bond acceptors (Lipinski definition) is 4. The van der Waals surface area contributed by atoms with Crippen molar-refractivity contribution in [3.8, 4) is 0 Å². The van der Waals surface area contributed by atoms with Gasteiger partial charge in [-0.2, -0.15) is 0 Å². The summed E-state index contributed by atoms with van der Waals surface area (Å²) in [7, 11) is 2.24. The minimum absolute atomic E-state index is 0.314. The first kappa shape index (κ1) is 15.1. The summed E-state index contributed by atoms with van der Waals surface area (Å²) in [4.78, 5) is 2.24. The van der Waals surface area contributed by atoms with Crippen molar-refractivity contribution in [1.82, 2.24) is 14.9 Å². The van der Waals surface area contributed by atoms with Crippen LogP contribution in [0.3, 0.4) is 0 Å². The second-order valence-corrected chi connectivity index (χ2v) is 6.15. The summed E-state index contributed by atoms with van der Waals surface area (Å²) in [6.07, 6.45) is 0. The van der Waals surface area contributed by atoms with Crippen molar-refractivity contribution < 1.29 is 8.42 Å². The van der Waals surface area contributed by atoms with Gasteiger partial charge in [-0.1, -0.05) is 12.1 Å². The standard InChI is InChI=1S/C12H21N3O2S/c1-13-10-11-5-4-6-12(9-11)18(16,17)14-7-8-15(2)3/h4-6,9,13-14H,7-8,10H2,1-3H3. The van der Waals surface area contributed by atoms with Crippen LogP contribution in [0.1, 0.15) is 5.56 Å². The summed E-state index contributed by atoms with van der Waals surface area (Å²) in [6.45, 7) is 1.74. The quantitative estimate of drug-likeness (QED) is 0.746. The maximum absolute atomic E-state index is 12.0. The van der Waals surface area contributed by atoms with E-state index in [1.54, 1.807) is 18.2 Å². The molecule has 0 aliphatic heterocycles. The maximum atomic E-state index is 12.0. The largest absolute Gasteiger partial charge is 0.316 e. The zero-order valence-corrected chi connectivity index (χ0v) is 11.9. The van der Waals surface area contributed by atoms with Crippen LogP contribution in [-0.4, -0.2) is 47.6 Å². The molecule has 0 bridgehead atoms. The Bertz CT molecular complexity index is 472. The third kappa shape index (κ3) is 4.73. The van der Waals surface area contributed by atoms with Gasteiger partial charge in [0.25, 0.3) is 0 Å². The van der Waals surface area contributed by atoms with Gasteiger partial charge in [0.15, 0.2) is 0 Å². The number of nitrogens with one attached hydrogen (secondary N) is 2. The Morgan fingerprint density at radius 1 is 1.28 bits per heavy atom. The van der Waals surface area contributed by atoms with Crippen molar-refractivity contribution in [3.05, 3.63) is 29.8 Å². The van der Waals surface area contributed by atoms with E-state index in [0.29, 0.717) is 24.5 Å². The molecule has 0 aliphatic carbocycles. The summed E-state index contributed by atoms with van der Waals surface area (Å²) < 4.78 is 26.6. The summed E-state index contributed by atoms with van der Waals surface area (Å²) in [5.41, 5.74) is 0.952. The molecule has 1 rings (SSSR count). The molecular weight excluding hydrogens is 250 g/mol. The molecule has 0 spiro atoms. The highest BCUT2D eigenvalue weighted by Crippen LogP contribution is 2.11. The van der Waals surface area contributed by atoms with E-state index in [0.717, 1.165) is 5.56 Å². The van der Waals surface area contributed by atoms with Gasteiger partial charge in [-0.15, -0.1) is 0 Å². The molecule has 0 aromatic heterocycles. The molecule has 102 valence electrons. The first-order chi connectivity index (χ1) is 8.45. The number of benzene rings is 1. The zero-order valence-electron chi connectivity index (χ0n) is 11.1. The van der Waals surface area contributed by atoms with Crippen LogP contribution >= 0.6 is 0 Å². The lowest BCUT2D eigenvalue weighted by Crippen LogP contribution is -2.31. The van der Waals surface area contributed by atoms with E-state index in [9.17, 15) is 8.42 Å². The van der Waals surface area contributed by atoms with E-state index in [4.69, 9.17) is 0 Å². The Hall–Kier alpha value is -0.950. The van der Waals surface area contributed by atoms with Gasteiger partial charge in [0.05, 0.1) is 4.90 Å². The first-order valence-corrected chi connectivity index (χ1v) is 7.32. The van der Waals surface area contributed by atoms with E-state index in [-0.39, 0.29) is 0 Å². The molecule has 1 aromatic rings. The average molecular weight is 271 g/mol. The predicted molar refractivity (Wildman–Crippen MR) is 72.9 cm³/mol. The third-order valence-corrected chi connectivity index (χ3v) is 3.90. The van der Waals surface area contributed by atoms with Crippen LogP contribution in [0.15, 0.2) is 29.2 Å². The Balaban J connectivity index is 2.75. The number of likely N-dealkylation sites (N-methyl/N-ethyl adjacent to an activating group) is 1.